The van der Waals surface area contributed by atoms with E-state index >= 15 is 0 Å². The molecule has 7 heteroatoms. The molecule has 3 rings (SSSR count). The monoisotopic (exact) mass is 422 g/mol. The van der Waals surface area contributed by atoms with Crippen molar-refractivity contribution in [3.63, 3.8) is 0 Å². The fraction of sp³-hybridized carbons (Fsp3) is 0.375. The number of likely N-dealkylation sites (tertiary alicyclic amines) is 1. The number of piperidine rings is 1. The molecule has 0 radical (unpaired) electrons. The second kappa shape index (κ2) is 11.3. The zero-order chi connectivity index (χ0) is 22.1. The molecular weight excluding hydrogens is 392 g/mol. The van der Waals surface area contributed by atoms with Crippen molar-refractivity contribution in [1.82, 2.24) is 10.2 Å². The maximum Gasteiger partial charge on any atom is 0.313 e. The zero-order valence-corrected chi connectivity index (χ0v) is 17.9. The lowest BCUT2D eigenvalue weighted by molar-refractivity contribution is -0.136. The average Bonchev–Trinajstić information content (AvgIpc) is 2.77. The lowest BCUT2D eigenvalue weighted by Crippen LogP contribution is -2.42. The quantitative estimate of drug-likeness (QED) is 0.599. The molecule has 0 spiro atoms. The van der Waals surface area contributed by atoms with Crippen LogP contribution in [0.5, 0.6) is 0 Å². The van der Waals surface area contributed by atoms with Crippen molar-refractivity contribution < 1.29 is 14.4 Å². The molecule has 1 heterocycles. The van der Waals surface area contributed by atoms with E-state index in [4.69, 9.17) is 0 Å². The summed E-state index contributed by atoms with van der Waals surface area (Å²) in [6.45, 7) is 4.98. The van der Waals surface area contributed by atoms with Crippen molar-refractivity contribution in [2.75, 3.05) is 36.8 Å². The summed E-state index contributed by atoms with van der Waals surface area (Å²) in [4.78, 5) is 38.0. The summed E-state index contributed by atoms with van der Waals surface area (Å²) >= 11 is 0. The van der Waals surface area contributed by atoms with Gasteiger partial charge in [0.15, 0.2) is 0 Å². The van der Waals surface area contributed by atoms with Crippen LogP contribution in [0.25, 0.3) is 0 Å². The molecule has 1 aliphatic heterocycles. The number of anilines is 2. The fourth-order valence-electron chi connectivity index (χ4n) is 3.73. The van der Waals surface area contributed by atoms with E-state index in [0.717, 1.165) is 38.9 Å². The van der Waals surface area contributed by atoms with Crippen LogP contribution in [-0.4, -0.2) is 48.8 Å². The first-order chi connectivity index (χ1) is 15.0. The van der Waals surface area contributed by atoms with E-state index in [9.17, 15) is 14.4 Å². The highest BCUT2D eigenvalue weighted by Crippen LogP contribution is 2.17. The van der Waals surface area contributed by atoms with Crippen LogP contribution in [0.15, 0.2) is 54.6 Å². The molecule has 0 aromatic heterocycles. The van der Waals surface area contributed by atoms with Crippen molar-refractivity contribution in [1.29, 1.82) is 0 Å². The van der Waals surface area contributed by atoms with E-state index in [1.165, 1.54) is 12.5 Å². The highest BCUT2D eigenvalue weighted by atomic mass is 16.2. The number of carbonyl (C=O) groups is 3. The van der Waals surface area contributed by atoms with E-state index in [-0.39, 0.29) is 5.91 Å². The molecule has 7 nitrogen and oxygen atoms in total. The van der Waals surface area contributed by atoms with Crippen LogP contribution in [-0.2, 0) is 20.8 Å². The van der Waals surface area contributed by atoms with Gasteiger partial charge in [-0.1, -0.05) is 36.4 Å². The number of nitrogens with zero attached hydrogens (tertiary/aromatic N) is 1. The third-order valence-corrected chi connectivity index (χ3v) is 5.47. The molecule has 3 amide bonds. The second-order valence-corrected chi connectivity index (χ2v) is 7.95. The predicted octanol–water partition coefficient (Wildman–Crippen LogP) is 2.65. The van der Waals surface area contributed by atoms with Gasteiger partial charge >= 0.3 is 11.8 Å². The Morgan fingerprint density at radius 3 is 2.26 bits per heavy atom. The lowest BCUT2D eigenvalue weighted by Gasteiger charge is -2.32. The molecule has 1 fully saturated rings. The standard InChI is InChI=1S/C24H30N4O3/c1-18(29)26-21-8-5-9-22(16-21)27-24(31)23(30)25-17-20-11-14-28(15-12-20)13-10-19-6-3-2-4-7-19/h2-9,16,20H,10-15,17H2,1H3,(H,25,30)(H,26,29)(H,27,31). The van der Waals surface area contributed by atoms with Gasteiger partial charge in [-0.2, -0.15) is 0 Å². The van der Waals surface area contributed by atoms with Gasteiger partial charge in [-0.05, 0) is 62.0 Å². The summed E-state index contributed by atoms with van der Waals surface area (Å²) in [6, 6.07) is 17.2. The molecule has 0 atom stereocenters. The van der Waals surface area contributed by atoms with Gasteiger partial charge in [0.2, 0.25) is 5.91 Å². The summed E-state index contributed by atoms with van der Waals surface area (Å²) in [5, 5.41) is 7.97. The number of amides is 3. The highest BCUT2D eigenvalue weighted by molar-refractivity contribution is 6.39. The molecule has 0 aliphatic carbocycles. The topological polar surface area (TPSA) is 90.5 Å². The van der Waals surface area contributed by atoms with Gasteiger partial charge in [0.25, 0.3) is 0 Å². The zero-order valence-electron chi connectivity index (χ0n) is 17.9. The van der Waals surface area contributed by atoms with Gasteiger partial charge in [-0.25, -0.2) is 0 Å². The van der Waals surface area contributed by atoms with Crippen LogP contribution in [0.2, 0.25) is 0 Å². The van der Waals surface area contributed by atoms with Crippen LogP contribution < -0.4 is 16.0 Å². The smallest absolute Gasteiger partial charge is 0.313 e. The minimum atomic E-state index is -0.708. The Morgan fingerprint density at radius 1 is 0.903 bits per heavy atom. The number of carbonyl (C=O) groups excluding carboxylic acids is 3. The van der Waals surface area contributed by atoms with Crippen LogP contribution in [0.3, 0.4) is 0 Å². The summed E-state index contributed by atoms with van der Waals surface area (Å²) in [7, 11) is 0. The maximum atomic E-state index is 12.2. The summed E-state index contributed by atoms with van der Waals surface area (Å²) < 4.78 is 0. The SMILES string of the molecule is CC(=O)Nc1cccc(NC(=O)C(=O)NCC2CCN(CCc3ccccc3)CC2)c1. The average molecular weight is 423 g/mol. The molecule has 2 aromatic carbocycles. The Balaban J connectivity index is 1.36. The second-order valence-electron chi connectivity index (χ2n) is 7.95. The number of benzene rings is 2. The predicted molar refractivity (Wildman–Crippen MR) is 122 cm³/mol. The Kier molecular flexibility index (Phi) is 8.18. The van der Waals surface area contributed by atoms with Gasteiger partial charge in [0, 0.05) is 31.4 Å². The number of nitrogens with one attached hydrogen (secondary N) is 3. The Hall–Kier alpha value is -3.19. The highest BCUT2D eigenvalue weighted by Gasteiger charge is 2.21. The van der Waals surface area contributed by atoms with Crippen LogP contribution in [0.1, 0.15) is 25.3 Å². The molecule has 0 saturated carbocycles. The molecule has 164 valence electrons. The molecule has 0 unspecified atom stereocenters. The van der Waals surface area contributed by atoms with Gasteiger partial charge < -0.3 is 20.9 Å². The third kappa shape index (κ3) is 7.53. The van der Waals surface area contributed by atoms with Gasteiger partial charge in [-0.15, -0.1) is 0 Å². The van der Waals surface area contributed by atoms with Crippen LogP contribution in [0.4, 0.5) is 11.4 Å². The Bertz CT molecular complexity index is 893. The van der Waals surface area contributed by atoms with E-state index in [0.29, 0.717) is 23.8 Å². The first kappa shape index (κ1) is 22.5. The van der Waals surface area contributed by atoms with Crippen LogP contribution in [0, 0.1) is 5.92 Å². The minimum Gasteiger partial charge on any atom is -0.348 e. The molecule has 1 aliphatic rings. The molecule has 31 heavy (non-hydrogen) atoms. The third-order valence-electron chi connectivity index (χ3n) is 5.47. The summed E-state index contributed by atoms with van der Waals surface area (Å²) in [6.07, 6.45) is 3.07. The van der Waals surface area contributed by atoms with Crippen molar-refractivity contribution in [2.24, 2.45) is 5.92 Å². The maximum absolute atomic E-state index is 12.2. The molecule has 0 bridgehead atoms. The number of rotatable bonds is 7. The number of hydrogen-bond donors (Lipinski definition) is 3. The summed E-state index contributed by atoms with van der Waals surface area (Å²) in [5.74, 6) is -1.17. The van der Waals surface area contributed by atoms with Crippen molar-refractivity contribution >= 4 is 29.1 Å². The van der Waals surface area contributed by atoms with E-state index < -0.39 is 11.8 Å². The Labute approximate surface area is 183 Å². The van der Waals surface area contributed by atoms with Crippen LogP contribution >= 0.6 is 0 Å². The molecular formula is C24H30N4O3. The van der Waals surface area contributed by atoms with Crippen molar-refractivity contribution in [3.05, 3.63) is 60.2 Å². The van der Waals surface area contributed by atoms with Crippen molar-refractivity contribution in [3.8, 4) is 0 Å². The van der Waals surface area contributed by atoms with E-state index in [1.54, 1.807) is 24.3 Å². The first-order valence-electron chi connectivity index (χ1n) is 10.7. The minimum absolute atomic E-state index is 0.202. The number of hydrogen-bond acceptors (Lipinski definition) is 4. The Morgan fingerprint density at radius 2 is 1.58 bits per heavy atom. The fourth-order valence-corrected chi connectivity index (χ4v) is 3.73. The van der Waals surface area contributed by atoms with Gasteiger partial charge in [-0.3, -0.25) is 14.4 Å². The molecule has 3 N–H and O–H groups in total. The largest absolute Gasteiger partial charge is 0.348 e. The first-order valence-corrected chi connectivity index (χ1v) is 10.7. The molecule has 1 saturated heterocycles. The van der Waals surface area contributed by atoms with Gasteiger partial charge in [0.05, 0.1) is 0 Å². The van der Waals surface area contributed by atoms with E-state index in [2.05, 4.69) is 45.1 Å². The van der Waals surface area contributed by atoms with E-state index in [1.807, 2.05) is 6.07 Å². The normalized spacial score (nSPS) is 14.6. The molecule has 2 aromatic rings. The summed E-state index contributed by atoms with van der Waals surface area (Å²) in [5.41, 5.74) is 2.37. The lowest BCUT2D eigenvalue weighted by atomic mass is 9.96. The van der Waals surface area contributed by atoms with Crippen molar-refractivity contribution in [2.45, 2.75) is 26.2 Å². The van der Waals surface area contributed by atoms with Gasteiger partial charge in [0.1, 0.15) is 0 Å².